The average molecular weight is 343 g/mol. The van der Waals surface area contributed by atoms with Gasteiger partial charge >= 0.3 is 17.8 Å². The molecule has 0 aromatic heterocycles. The van der Waals surface area contributed by atoms with E-state index < -0.39 is 17.8 Å². The Bertz CT molecular complexity index is 680. The molecule has 0 unspecified atom stereocenters. The van der Waals surface area contributed by atoms with Gasteiger partial charge in [0.25, 0.3) is 0 Å². The summed E-state index contributed by atoms with van der Waals surface area (Å²) in [6.45, 7) is 7.08. The highest BCUT2D eigenvalue weighted by molar-refractivity contribution is 6.44. The quantitative estimate of drug-likeness (QED) is 0.564. The lowest BCUT2D eigenvalue weighted by molar-refractivity contribution is -0.144. The van der Waals surface area contributed by atoms with Gasteiger partial charge in [-0.15, -0.1) is 0 Å². The fourth-order valence-corrected chi connectivity index (χ4v) is 3.11. The van der Waals surface area contributed by atoms with Crippen molar-refractivity contribution in [2.45, 2.75) is 52.1 Å². The fourth-order valence-electron chi connectivity index (χ4n) is 3.11. The van der Waals surface area contributed by atoms with Crippen molar-refractivity contribution in [3.8, 4) is 0 Å². The molecule has 1 saturated carbocycles. The molecule has 0 N–H and O–H groups in total. The number of likely N-dealkylation sites (N-methyl/N-ethyl adjacent to an activating group) is 1. The monoisotopic (exact) mass is 343 g/mol. The smallest absolute Gasteiger partial charge is 0.278 e. The molecule has 134 valence electrons. The maximum atomic E-state index is 12.3. The zero-order chi connectivity index (χ0) is 18.1. The highest BCUT2D eigenvalue weighted by atomic mass is 16.2. The van der Waals surface area contributed by atoms with Crippen molar-refractivity contribution >= 4 is 17.8 Å². The van der Waals surface area contributed by atoms with Crippen molar-refractivity contribution in [2.75, 3.05) is 13.2 Å². The van der Waals surface area contributed by atoms with Gasteiger partial charge in [-0.25, -0.2) is 9.69 Å². The Morgan fingerprint density at radius 2 is 1.64 bits per heavy atom. The molecular weight excluding hydrogens is 318 g/mol. The number of imide groups is 2. The summed E-state index contributed by atoms with van der Waals surface area (Å²) in [5.41, 5.74) is 2.44. The maximum absolute atomic E-state index is 12.3. The van der Waals surface area contributed by atoms with Crippen LogP contribution in [0.15, 0.2) is 24.3 Å². The van der Waals surface area contributed by atoms with Gasteiger partial charge in [-0.2, -0.15) is 0 Å². The Balaban J connectivity index is 1.71. The van der Waals surface area contributed by atoms with Crippen LogP contribution in [0, 0.1) is 0 Å². The summed E-state index contributed by atoms with van der Waals surface area (Å²) in [6, 6.07) is 8.32. The number of carbonyl (C=O) groups excluding carboxylic acids is 3. The Hall–Kier alpha value is -2.21. The number of amides is 4. The highest BCUT2D eigenvalue weighted by Gasteiger charge is 2.45. The molecule has 2 aliphatic rings. The highest BCUT2D eigenvalue weighted by Crippen LogP contribution is 2.29. The van der Waals surface area contributed by atoms with Crippen LogP contribution in [0.2, 0.25) is 0 Å². The Morgan fingerprint density at radius 3 is 2.12 bits per heavy atom. The number of benzene rings is 1. The Kier molecular flexibility index (Phi) is 4.90. The fraction of sp³-hybridized carbons (Fsp3) is 0.526. The summed E-state index contributed by atoms with van der Waals surface area (Å²) < 4.78 is 0. The lowest BCUT2D eigenvalue weighted by Gasteiger charge is -2.26. The number of hydrogen-bond acceptors (Lipinski definition) is 4. The van der Waals surface area contributed by atoms with Gasteiger partial charge in [-0.3, -0.25) is 19.4 Å². The minimum atomic E-state index is -0.718. The first-order chi connectivity index (χ1) is 11.9. The summed E-state index contributed by atoms with van der Waals surface area (Å²) in [6.07, 6.45) is 2.12. The molecule has 3 rings (SSSR count). The van der Waals surface area contributed by atoms with Crippen molar-refractivity contribution < 1.29 is 14.4 Å². The molecule has 0 bridgehead atoms. The number of hydrogen-bond donors (Lipinski definition) is 0. The van der Waals surface area contributed by atoms with Crippen LogP contribution in [0.4, 0.5) is 4.79 Å². The minimum Gasteiger partial charge on any atom is -0.278 e. The van der Waals surface area contributed by atoms with Crippen molar-refractivity contribution in [3.63, 3.8) is 0 Å². The molecule has 4 amide bonds. The molecule has 1 heterocycles. The molecule has 2 fully saturated rings. The molecule has 1 aromatic carbocycles. The second-order valence-corrected chi connectivity index (χ2v) is 7.08. The van der Waals surface area contributed by atoms with E-state index in [-0.39, 0.29) is 13.2 Å². The standard InChI is InChI=1S/C19H25N3O3/c1-4-21-17(23)18(24)22(19(21)25)12-20(16-9-10-16)11-14-5-7-15(8-6-14)13(2)3/h5-8,13,16H,4,9-12H2,1-3H3. The van der Waals surface area contributed by atoms with E-state index in [0.717, 1.165) is 28.2 Å². The summed E-state index contributed by atoms with van der Waals surface area (Å²) in [7, 11) is 0. The molecule has 0 spiro atoms. The van der Waals surface area contributed by atoms with E-state index in [4.69, 9.17) is 0 Å². The first kappa shape index (κ1) is 17.6. The van der Waals surface area contributed by atoms with Crippen molar-refractivity contribution in [1.82, 2.24) is 14.7 Å². The van der Waals surface area contributed by atoms with Gasteiger partial charge in [0.05, 0.1) is 6.67 Å². The largest absolute Gasteiger partial charge is 0.335 e. The molecule has 1 saturated heterocycles. The van der Waals surface area contributed by atoms with Crippen molar-refractivity contribution in [3.05, 3.63) is 35.4 Å². The van der Waals surface area contributed by atoms with E-state index in [1.807, 2.05) is 0 Å². The summed E-state index contributed by atoms with van der Waals surface area (Å²) in [5.74, 6) is -0.948. The normalized spacial score (nSPS) is 18.2. The molecule has 1 aromatic rings. The Labute approximate surface area is 148 Å². The first-order valence-corrected chi connectivity index (χ1v) is 8.92. The summed E-state index contributed by atoms with van der Waals surface area (Å²) in [5, 5.41) is 0. The first-order valence-electron chi connectivity index (χ1n) is 8.92. The van der Waals surface area contributed by atoms with Gasteiger partial charge in [0.15, 0.2) is 0 Å². The van der Waals surface area contributed by atoms with Gasteiger partial charge < -0.3 is 0 Å². The number of rotatable bonds is 7. The van der Waals surface area contributed by atoms with Gasteiger partial charge in [0.2, 0.25) is 0 Å². The number of nitrogens with zero attached hydrogens (tertiary/aromatic N) is 3. The minimum absolute atomic E-state index is 0.177. The van der Waals surface area contributed by atoms with Gasteiger partial charge in [0.1, 0.15) is 0 Å². The predicted molar refractivity (Wildman–Crippen MR) is 93.6 cm³/mol. The second kappa shape index (κ2) is 6.96. The van der Waals surface area contributed by atoms with Crippen LogP contribution in [0.3, 0.4) is 0 Å². The number of carbonyl (C=O) groups is 3. The van der Waals surface area contributed by atoms with Gasteiger partial charge in [-0.1, -0.05) is 38.1 Å². The van der Waals surface area contributed by atoms with E-state index in [0.29, 0.717) is 18.5 Å². The molecule has 1 aliphatic carbocycles. The molecule has 6 heteroatoms. The van der Waals surface area contributed by atoms with Crippen LogP contribution in [0.25, 0.3) is 0 Å². The Morgan fingerprint density at radius 1 is 1.04 bits per heavy atom. The van der Waals surface area contributed by atoms with E-state index in [2.05, 4.69) is 43.0 Å². The van der Waals surface area contributed by atoms with Crippen molar-refractivity contribution in [2.24, 2.45) is 0 Å². The van der Waals surface area contributed by atoms with E-state index >= 15 is 0 Å². The van der Waals surface area contributed by atoms with Gasteiger partial charge in [-0.05, 0) is 36.8 Å². The maximum Gasteiger partial charge on any atom is 0.335 e. The molecule has 1 aliphatic heterocycles. The van der Waals surface area contributed by atoms with Crippen LogP contribution >= 0.6 is 0 Å². The van der Waals surface area contributed by atoms with Crippen LogP contribution in [-0.4, -0.2) is 51.8 Å². The summed E-state index contributed by atoms with van der Waals surface area (Å²) >= 11 is 0. The third-order valence-corrected chi connectivity index (χ3v) is 4.87. The van der Waals surface area contributed by atoms with Crippen LogP contribution in [-0.2, 0) is 16.1 Å². The third-order valence-electron chi connectivity index (χ3n) is 4.87. The van der Waals surface area contributed by atoms with Crippen LogP contribution in [0.5, 0.6) is 0 Å². The average Bonchev–Trinajstić information content (AvgIpc) is 3.40. The predicted octanol–water partition coefficient (Wildman–Crippen LogP) is 2.54. The SMILES string of the molecule is CCN1C(=O)C(=O)N(CN(Cc2ccc(C(C)C)cc2)C2CC2)C1=O. The van der Waals surface area contributed by atoms with Crippen molar-refractivity contribution in [1.29, 1.82) is 0 Å². The third kappa shape index (κ3) is 3.58. The zero-order valence-electron chi connectivity index (χ0n) is 15.1. The second-order valence-electron chi connectivity index (χ2n) is 7.08. The van der Waals surface area contributed by atoms with E-state index in [1.54, 1.807) is 6.92 Å². The van der Waals surface area contributed by atoms with Gasteiger partial charge in [0, 0.05) is 19.1 Å². The molecule has 0 atom stereocenters. The lowest BCUT2D eigenvalue weighted by Crippen LogP contribution is -2.43. The lowest BCUT2D eigenvalue weighted by atomic mass is 10.0. The summed E-state index contributed by atoms with van der Waals surface area (Å²) in [4.78, 5) is 40.5. The zero-order valence-corrected chi connectivity index (χ0v) is 15.1. The van der Waals surface area contributed by atoms with E-state index in [1.165, 1.54) is 5.56 Å². The molecule has 25 heavy (non-hydrogen) atoms. The molecule has 6 nitrogen and oxygen atoms in total. The number of urea groups is 1. The van der Waals surface area contributed by atoms with E-state index in [9.17, 15) is 14.4 Å². The molecular formula is C19H25N3O3. The van der Waals surface area contributed by atoms with Crippen LogP contribution < -0.4 is 0 Å². The molecule has 0 radical (unpaired) electrons. The topological polar surface area (TPSA) is 60.9 Å². The van der Waals surface area contributed by atoms with Crippen LogP contribution in [0.1, 0.15) is 50.7 Å².